The van der Waals surface area contributed by atoms with Crippen LogP contribution in [-0.4, -0.2) is 21.9 Å². The minimum Gasteiger partial charge on any atom is -0.310 e. The Hall–Kier alpha value is -6.80. The molecular weight excluding hydrogens is 711 g/mol. The largest absolute Gasteiger partial charge is 0.310 e. The van der Waals surface area contributed by atoms with E-state index in [2.05, 4.69) is 228 Å². The van der Waals surface area contributed by atoms with E-state index in [1.54, 1.807) is 0 Å². The molecule has 0 bridgehead atoms. The Morgan fingerprint density at radius 3 is 1.39 bits per heavy atom. The molecule has 264 valence electrons. The van der Waals surface area contributed by atoms with Gasteiger partial charge < -0.3 is 4.90 Å². The van der Waals surface area contributed by atoms with Gasteiger partial charge in [-0.3, -0.25) is 4.90 Å². The van der Waals surface area contributed by atoms with E-state index in [0.29, 0.717) is 0 Å². The van der Waals surface area contributed by atoms with Crippen LogP contribution < -0.4 is 46.1 Å². The number of fused-ring (bicyclic) bond motifs is 5. The first-order chi connectivity index (χ1) is 27.8. The minimum absolute atomic E-state index is 0.903. The average molecular weight is 748 g/mol. The SMILES string of the molecule is c1ccc([SiH]2c3ccccc3N(c3cc(N4c5ccccc5[Si](c5ccccc5)(c5ccccc5)c5ccccc54)nc4ccccc34)c3ccccc32)cc1. The van der Waals surface area contributed by atoms with Crippen LogP contribution in [0, 0.1) is 0 Å². The van der Waals surface area contributed by atoms with Gasteiger partial charge in [0.05, 0.1) is 11.2 Å². The van der Waals surface area contributed by atoms with Crippen molar-refractivity contribution >= 4 is 98.3 Å². The van der Waals surface area contributed by atoms with Gasteiger partial charge in [-0.05, 0) is 61.5 Å². The zero-order chi connectivity index (χ0) is 37.1. The zero-order valence-electron chi connectivity index (χ0n) is 30.7. The van der Waals surface area contributed by atoms with Gasteiger partial charge in [0.15, 0.2) is 8.07 Å². The molecule has 3 nitrogen and oxygen atoms in total. The van der Waals surface area contributed by atoms with Crippen LogP contribution in [-0.2, 0) is 0 Å². The van der Waals surface area contributed by atoms with Gasteiger partial charge in [-0.1, -0.05) is 187 Å². The third-order valence-electron chi connectivity index (χ3n) is 11.8. The fraction of sp³-hybridized carbons (Fsp3) is 0. The number of anilines is 6. The van der Waals surface area contributed by atoms with Crippen molar-refractivity contribution in [1.82, 2.24) is 4.98 Å². The molecule has 0 saturated heterocycles. The molecule has 8 aromatic carbocycles. The Morgan fingerprint density at radius 1 is 0.375 bits per heavy atom. The first kappa shape index (κ1) is 32.6. The predicted molar refractivity (Wildman–Crippen MR) is 241 cm³/mol. The molecule has 0 saturated carbocycles. The Morgan fingerprint density at radius 2 is 0.821 bits per heavy atom. The molecule has 0 N–H and O–H groups in total. The fourth-order valence-corrected chi connectivity index (χ4v) is 17.9. The van der Waals surface area contributed by atoms with E-state index < -0.39 is 16.9 Å². The Balaban J connectivity index is 1.19. The number of hydrogen-bond acceptors (Lipinski definition) is 3. The van der Waals surface area contributed by atoms with E-state index in [9.17, 15) is 0 Å². The summed E-state index contributed by atoms with van der Waals surface area (Å²) in [7, 11) is -4.53. The van der Waals surface area contributed by atoms with Crippen LogP contribution in [0.3, 0.4) is 0 Å². The van der Waals surface area contributed by atoms with Gasteiger partial charge in [0.25, 0.3) is 0 Å². The molecule has 11 rings (SSSR count). The van der Waals surface area contributed by atoms with Crippen molar-refractivity contribution in [2.75, 3.05) is 9.80 Å². The molecule has 0 amide bonds. The Kier molecular flexibility index (Phi) is 7.69. The smallest absolute Gasteiger partial charge is 0.184 e. The lowest BCUT2D eigenvalue weighted by atomic mass is 10.1. The van der Waals surface area contributed by atoms with Crippen molar-refractivity contribution in [2.24, 2.45) is 0 Å². The third-order valence-corrected chi connectivity index (χ3v) is 19.9. The highest BCUT2D eigenvalue weighted by molar-refractivity contribution is 7.21. The first-order valence-corrected chi connectivity index (χ1v) is 23.1. The fourth-order valence-electron chi connectivity index (χ4n) is 9.53. The quantitative estimate of drug-likeness (QED) is 0.171. The van der Waals surface area contributed by atoms with Crippen molar-refractivity contribution in [3.8, 4) is 0 Å². The second-order valence-corrected chi connectivity index (χ2v) is 21.2. The van der Waals surface area contributed by atoms with E-state index in [4.69, 9.17) is 4.98 Å². The van der Waals surface area contributed by atoms with Crippen molar-refractivity contribution in [3.05, 3.63) is 218 Å². The van der Waals surface area contributed by atoms with Gasteiger partial charge in [0, 0.05) is 34.2 Å². The Bertz CT molecular complexity index is 2760. The summed E-state index contributed by atoms with van der Waals surface area (Å²) in [6.45, 7) is 0. The lowest BCUT2D eigenvalue weighted by Crippen LogP contribution is -2.77. The lowest BCUT2D eigenvalue weighted by Gasteiger charge is -2.45. The summed E-state index contributed by atoms with van der Waals surface area (Å²) in [5, 5.41) is 10.9. The van der Waals surface area contributed by atoms with E-state index in [-0.39, 0.29) is 0 Å². The van der Waals surface area contributed by atoms with Crippen molar-refractivity contribution in [1.29, 1.82) is 0 Å². The summed E-state index contributed by atoms with van der Waals surface area (Å²) in [6, 6.07) is 80.8. The molecule has 0 spiro atoms. The molecule has 56 heavy (non-hydrogen) atoms. The number of para-hydroxylation sites is 5. The molecule has 0 aliphatic carbocycles. The summed E-state index contributed by atoms with van der Waals surface area (Å²) >= 11 is 0. The van der Waals surface area contributed by atoms with Crippen LogP contribution in [0.4, 0.5) is 34.3 Å². The lowest BCUT2D eigenvalue weighted by molar-refractivity contribution is 1.20. The molecule has 0 unspecified atom stereocenters. The summed E-state index contributed by atoms with van der Waals surface area (Å²) in [5.74, 6) is 0.903. The second-order valence-electron chi connectivity index (χ2n) is 14.7. The molecule has 5 heteroatoms. The van der Waals surface area contributed by atoms with E-state index in [0.717, 1.165) is 22.4 Å². The van der Waals surface area contributed by atoms with Gasteiger partial charge >= 0.3 is 0 Å². The number of nitrogens with zero attached hydrogens (tertiary/aromatic N) is 3. The molecule has 2 aliphatic rings. The topological polar surface area (TPSA) is 19.4 Å². The zero-order valence-corrected chi connectivity index (χ0v) is 32.9. The molecule has 0 fully saturated rings. The van der Waals surface area contributed by atoms with Crippen LogP contribution in [0.25, 0.3) is 10.9 Å². The molecule has 0 atom stereocenters. The molecular formula is C51H37N3Si2. The average Bonchev–Trinajstić information content (AvgIpc) is 3.28. The molecule has 0 radical (unpaired) electrons. The van der Waals surface area contributed by atoms with Gasteiger partial charge in [0.2, 0.25) is 0 Å². The number of aromatic nitrogens is 1. The first-order valence-electron chi connectivity index (χ1n) is 19.4. The van der Waals surface area contributed by atoms with Crippen LogP contribution in [0.15, 0.2) is 218 Å². The van der Waals surface area contributed by atoms with Gasteiger partial charge in [-0.25, -0.2) is 4.98 Å². The highest BCUT2D eigenvalue weighted by atomic mass is 28.3. The molecule has 2 aliphatic heterocycles. The highest BCUT2D eigenvalue weighted by Gasteiger charge is 2.49. The maximum Gasteiger partial charge on any atom is 0.184 e. The van der Waals surface area contributed by atoms with Crippen molar-refractivity contribution in [3.63, 3.8) is 0 Å². The summed E-state index contributed by atoms with van der Waals surface area (Å²) in [6.07, 6.45) is 0. The molecule has 3 heterocycles. The molecule has 1 aromatic heterocycles. The molecule has 9 aromatic rings. The van der Waals surface area contributed by atoms with E-state index >= 15 is 0 Å². The number of benzene rings is 8. The normalized spacial score (nSPS) is 14.1. The number of hydrogen-bond donors (Lipinski definition) is 0. The highest BCUT2D eigenvalue weighted by Crippen LogP contribution is 2.44. The predicted octanol–water partition coefficient (Wildman–Crippen LogP) is 7.43. The monoisotopic (exact) mass is 747 g/mol. The van der Waals surface area contributed by atoms with Crippen LogP contribution >= 0.6 is 0 Å². The maximum absolute atomic E-state index is 5.54. The summed E-state index contributed by atoms with van der Waals surface area (Å²) < 4.78 is 0. The van der Waals surface area contributed by atoms with Gasteiger partial charge in [-0.2, -0.15) is 0 Å². The Labute approximate surface area is 330 Å². The van der Waals surface area contributed by atoms with Gasteiger partial charge in [0.1, 0.15) is 14.6 Å². The van der Waals surface area contributed by atoms with Crippen molar-refractivity contribution < 1.29 is 0 Å². The van der Waals surface area contributed by atoms with Crippen LogP contribution in [0.2, 0.25) is 0 Å². The number of pyridine rings is 1. The van der Waals surface area contributed by atoms with Crippen LogP contribution in [0.5, 0.6) is 0 Å². The number of rotatable bonds is 5. The minimum atomic E-state index is -2.76. The summed E-state index contributed by atoms with van der Waals surface area (Å²) in [4.78, 5) is 10.5. The maximum atomic E-state index is 5.54. The van der Waals surface area contributed by atoms with E-state index in [1.807, 2.05) is 0 Å². The van der Waals surface area contributed by atoms with Gasteiger partial charge in [-0.15, -0.1) is 0 Å². The van der Waals surface area contributed by atoms with Crippen LogP contribution in [0.1, 0.15) is 0 Å². The summed E-state index contributed by atoms with van der Waals surface area (Å²) in [5.41, 5.74) is 6.93. The third kappa shape index (κ3) is 4.85. The van der Waals surface area contributed by atoms with Crippen molar-refractivity contribution in [2.45, 2.75) is 0 Å². The second kappa shape index (κ2) is 13.2. The standard InChI is InChI=1S/C51H37N3Si2/c1-4-20-37(21-5-1)55-47-32-16-12-28-42(47)53(43-29-13-17-33-48(43)55)46-36-51(52-41-27-11-10-26-40(41)46)54-44-30-14-18-34-49(44)56(38-22-6-2-7-23-38,39-24-8-3-9-25-39)50-35-19-15-31-45(50)54/h1-36,55H. The van der Waals surface area contributed by atoms with E-state index in [1.165, 1.54) is 59.1 Å².